The molecule has 8 fully saturated rings. The Labute approximate surface area is 507 Å². The first-order chi connectivity index (χ1) is 33.3. The normalized spacial score (nSPS) is 33.6. The summed E-state index contributed by atoms with van der Waals surface area (Å²) in [6.45, 7) is 70.2. The van der Waals surface area contributed by atoms with Gasteiger partial charge in [0.15, 0.2) is 0 Å². The molecule has 0 aromatic carbocycles. The van der Waals surface area contributed by atoms with E-state index in [9.17, 15) is 0 Å². The molecule has 79 heavy (non-hydrogen) atoms. The summed E-state index contributed by atoms with van der Waals surface area (Å²) >= 11 is 0. The van der Waals surface area contributed by atoms with Crippen LogP contribution in [0.5, 0.6) is 0 Å². The summed E-state index contributed by atoms with van der Waals surface area (Å²) in [5.74, 6) is 14.6. The summed E-state index contributed by atoms with van der Waals surface area (Å²) in [7, 11) is 0. The van der Waals surface area contributed by atoms with Crippen molar-refractivity contribution in [3.8, 4) is 0 Å². The van der Waals surface area contributed by atoms with Crippen molar-refractivity contribution in [3.63, 3.8) is 0 Å². The highest BCUT2D eigenvalue weighted by Crippen LogP contribution is 2.64. The van der Waals surface area contributed by atoms with Crippen LogP contribution in [-0.2, 0) is 0 Å². The second-order valence-electron chi connectivity index (χ2n) is 37.7. The lowest BCUT2D eigenvalue weighted by Gasteiger charge is -2.50. The molecule has 0 saturated heterocycles. The minimum Gasteiger partial charge on any atom is -0.0776 e. The Bertz CT molecular complexity index is 1580. The molecule has 8 rings (SSSR count). The monoisotopic (exact) mass is 1110 g/mol. The molecule has 4 bridgehead atoms. The van der Waals surface area contributed by atoms with Gasteiger partial charge in [0.05, 0.1) is 0 Å². The van der Waals surface area contributed by atoms with Gasteiger partial charge in [-0.1, -0.05) is 283 Å². The van der Waals surface area contributed by atoms with Crippen LogP contribution in [0.25, 0.3) is 0 Å². The smallest absolute Gasteiger partial charge is 0.0288 e. The number of rotatable bonds is 1. The van der Waals surface area contributed by atoms with E-state index in [1.165, 1.54) is 128 Å². The van der Waals surface area contributed by atoms with E-state index in [4.69, 9.17) is 0 Å². The van der Waals surface area contributed by atoms with E-state index in [1.807, 2.05) is 0 Å². The first-order valence-electron chi connectivity index (χ1n) is 33.3. The van der Waals surface area contributed by atoms with E-state index in [-0.39, 0.29) is 37.1 Å². The van der Waals surface area contributed by atoms with Crippen molar-refractivity contribution in [1.29, 1.82) is 0 Å². The van der Waals surface area contributed by atoms with E-state index in [2.05, 4.69) is 201 Å². The van der Waals surface area contributed by atoms with Crippen LogP contribution in [0.15, 0.2) is 0 Å². The van der Waals surface area contributed by atoms with Gasteiger partial charge in [0.25, 0.3) is 0 Å². The highest BCUT2D eigenvalue weighted by Gasteiger charge is 2.56. The molecular weight excluding hydrogens is 949 g/mol. The lowest BCUT2D eigenvalue weighted by Crippen LogP contribution is -2.41. The van der Waals surface area contributed by atoms with E-state index in [0.29, 0.717) is 48.7 Å². The first kappa shape index (κ1) is 83.2. The lowest BCUT2D eigenvalue weighted by molar-refractivity contribution is -0.00238. The molecule has 8 aliphatic carbocycles. The topological polar surface area (TPSA) is 0 Å². The summed E-state index contributed by atoms with van der Waals surface area (Å²) < 4.78 is 0. The average molecular weight is 1110 g/mol. The Balaban J connectivity index is -0.000000869. The highest BCUT2D eigenvalue weighted by molar-refractivity contribution is 5.05. The molecule has 0 radical (unpaired) electrons. The maximum absolute atomic E-state index is 2.50. The Morgan fingerprint density at radius 2 is 0.899 bits per heavy atom. The van der Waals surface area contributed by atoms with Crippen molar-refractivity contribution in [3.05, 3.63) is 0 Å². The van der Waals surface area contributed by atoms with Gasteiger partial charge in [-0.15, -0.1) is 0 Å². The summed E-state index contributed by atoms with van der Waals surface area (Å²) in [6.07, 6.45) is 31.0. The Hall–Kier alpha value is 0. The molecule has 0 nitrogen and oxygen atoms in total. The van der Waals surface area contributed by atoms with Gasteiger partial charge in [-0.25, -0.2) is 0 Å². The average Bonchev–Trinajstić information content (AvgIpc) is 3.99. The van der Waals surface area contributed by atoms with Gasteiger partial charge < -0.3 is 0 Å². The summed E-state index contributed by atoms with van der Waals surface area (Å²) in [6, 6.07) is 0. The molecule has 0 heterocycles. The fourth-order valence-corrected chi connectivity index (χ4v) is 19.5. The zero-order chi connectivity index (χ0) is 57.0. The molecule has 8 saturated carbocycles. The van der Waals surface area contributed by atoms with Crippen molar-refractivity contribution in [2.45, 2.75) is 373 Å². The Morgan fingerprint density at radius 1 is 0.392 bits per heavy atom. The quantitative estimate of drug-likeness (QED) is 0.245. The van der Waals surface area contributed by atoms with Crippen LogP contribution >= 0.6 is 0 Å². The summed E-state index contributed by atoms with van der Waals surface area (Å²) in [5.41, 5.74) is 4.96. The number of hydrogen-bond acceptors (Lipinski definition) is 0. The predicted molar refractivity (Wildman–Crippen MR) is 369 cm³/mol. The van der Waals surface area contributed by atoms with E-state index in [1.54, 1.807) is 6.42 Å². The maximum atomic E-state index is 2.50. The van der Waals surface area contributed by atoms with Crippen LogP contribution in [0.3, 0.4) is 0 Å². The third-order valence-electron chi connectivity index (χ3n) is 23.2. The fourth-order valence-electron chi connectivity index (χ4n) is 19.5. The molecule has 0 N–H and O–H groups in total. The maximum Gasteiger partial charge on any atom is -0.0288 e. The number of hydrogen-bond donors (Lipinski definition) is 0. The van der Waals surface area contributed by atoms with E-state index >= 15 is 0 Å². The molecule has 8 aliphatic rings. The van der Waals surface area contributed by atoms with Crippen molar-refractivity contribution < 1.29 is 0 Å². The minimum atomic E-state index is 0. The molecule has 480 valence electrons. The molecule has 13 atom stereocenters. The zero-order valence-corrected chi connectivity index (χ0v) is 57.0. The minimum absolute atomic E-state index is 0. The van der Waals surface area contributed by atoms with Crippen molar-refractivity contribution in [2.75, 3.05) is 0 Å². The van der Waals surface area contributed by atoms with Gasteiger partial charge in [0.2, 0.25) is 0 Å². The largest absolute Gasteiger partial charge is 0.0776 e. The van der Waals surface area contributed by atoms with E-state index < -0.39 is 0 Å². The third kappa shape index (κ3) is 25.1. The van der Waals surface area contributed by atoms with Crippen LogP contribution in [0.1, 0.15) is 373 Å². The SMILES string of the molecule is C.C.C.C.C.CC(C)(C)C1CC2CCC1C2.CC(C)(C)C1CC2CCC1C2(C)C.CC(C)(C)C1CCCCC1.CC1CC(C(C)(C)C)CC(C)(C)C1.CC1CCC(C(C)C)C(C(C)(C)C)C1.CC1CCCC(C)(C)C1C(C)(C)C. The number of fused-ring (bicyclic) bond motifs is 4. The van der Waals surface area contributed by atoms with Gasteiger partial charge in [0, 0.05) is 0 Å². The van der Waals surface area contributed by atoms with E-state index in [0.717, 1.165) is 88.8 Å². The predicted octanol–water partition coefficient (Wildman–Crippen LogP) is 28.1. The molecule has 0 aromatic rings. The van der Waals surface area contributed by atoms with Crippen molar-refractivity contribution >= 4 is 0 Å². The lowest BCUT2D eigenvalue weighted by atomic mass is 9.55. The Morgan fingerprint density at radius 3 is 1.20 bits per heavy atom. The van der Waals surface area contributed by atoms with Gasteiger partial charge in [-0.2, -0.15) is 0 Å². The molecule has 0 spiro atoms. The fraction of sp³-hybridized carbons (Fsp3) is 1.00. The first-order valence-corrected chi connectivity index (χ1v) is 33.3. The second kappa shape index (κ2) is 32.1. The van der Waals surface area contributed by atoms with Crippen LogP contribution < -0.4 is 0 Å². The highest BCUT2D eigenvalue weighted by atomic mass is 14.6. The molecule has 0 aromatic heterocycles. The van der Waals surface area contributed by atoms with Gasteiger partial charge >= 0.3 is 0 Å². The van der Waals surface area contributed by atoms with Gasteiger partial charge in [0.1, 0.15) is 0 Å². The molecule has 13 unspecified atom stereocenters. The van der Waals surface area contributed by atoms with Crippen LogP contribution in [0, 0.1) is 138 Å². The summed E-state index contributed by atoms with van der Waals surface area (Å²) in [5, 5.41) is 0. The standard InChI is InChI=1S/C14H28.C13H24.2C13H26.C11H20.C10H20.5CH4/c1-10(2)12-8-7-11(3)9-13(12)14(4,5)6;1-12(2,3)11-8-9-6-7-10(11)13(9,4)5;1-10-7-11(12(2,3)4)9-13(5,6)8-10;1-10-8-7-9-13(5,6)11(10)12(2,3)4;1-11(2,3)10-7-8-4-5-9(10)6-8;1-10(2,3)9-7-5-4-6-8-9;;;;;/h10-13H,7-9H2,1-6H3;9-11H,6-8H2,1-5H3;2*10-11H,7-9H2,1-6H3;8-10H,4-7H2,1-3H3;9H,4-8H2,1-3H3;5*1H4. The van der Waals surface area contributed by atoms with Crippen molar-refractivity contribution in [2.24, 2.45) is 138 Å². The molecule has 0 heteroatoms. The van der Waals surface area contributed by atoms with Crippen LogP contribution in [0.4, 0.5) is 0 Å². The zero-order valence-electron chi connectivity index (χ0n) is 57.0. The van der Waals surface area contributed by atoms with Crippen LogP contribution in [0.2, 0.25) is 0 Å². The van der Waals surface area contributed by atoms with Gasteiger partial charge in [-0.05, 0) is 227 Å². The molecule has 0 amide bonds. The van der Waals surface area contributed by atoms with Gasteiger partial charge in [-0.3, -0.25) is 0 Å². The summed E-state index contributed by atoms with van der Waals surface area (Å²) in [4.78, 5) is 0. The second-order valence-corrected chi connectivity index (χ2v) is 37.7. The molecule has 0 aliphatic heterocycles. The third-order valence-corrected chi connectivity index (χ3v) is 23.2. The van der Waals surface area contributed by atoms with Crippen LogP contribution in [-0.4, -0.2) is 0 Å². The van der Waals surface area contributed by atoms with Crippen molar-refractivity contribution in [1.82, 2.24) is 0 Å². The Kier molecular flexibility index (Phi) is 33.8. The molecular formula is C79H164.